The van der Waals surface area contributed by atoms with Crippen LogP contribution in [0.2, 0.25) is 0 Å². The Labute approximate surface area is 122 Å². The van der Waals surface area contributed by atoms with Crippen molar-refractivity contribution in [1.29, 1.82) is 0 Å². The lowest BCUT2D eigenvalue weighted by atomic mass is 10.1. The van der Waals surface area contributed by atoms with Gasteiger partial charge in [-0.2, -0.15) is 0 Å². The van der Waals surface area contributed by atoms with Gasteiger partial charge in [0.2, 0.25) is 0 Å². The maximum absolute atomic E-state index is 4.59. The number of nitrogens with zero attached hydrogens (tertiary/aromatic N) is 4. The molecule has 0 aliphatic carbocycles. The molecule has 2 heterocycles. The van der Waals surface area contributed by atoms with Gasteiger partial charge in [-0.25, -0.2) is 9.97 Å². The third kappa shape index (κ3) is 3.60. The Hall–Kier alpha value is -1.36. The highest BCUT2D eigenvalue weighted by atomic mass is 15.2. The third-order valence-electron chi connectivity index (χ3n) is 3.79. The van der Waals surface area contributed by atoms with Gasteiger partial charge in [0.1, 0.15) is 18.0 Å². The zero-order chi connectivity index (χ0) is 14.4. The van der Waals surface area contributed by atoms with E-state index < -0.39 is 0 Å². The number of hydrogen-bond donors (Lipinski definition) is 1. The second-order valence-electron chi connectivity index (χ2n) is 5.45. The van der Waals surface area contributed by atoms with Gasteiger partial charge in [0.05, 0.1) is 0 Å². The summed E-state index contributed by atoms with van der Waals surface area (Å²) in [5.41, 5.74) is 1.28. The molecule has 0 bridgehead atoms. The summed E-state index contributed by atoms with van der Waals surface area (Å²) >= 11 is 0. The number of hydrogen-bond acceptors (Lipinski definition) is 5. The lowest BCUT2D eigenvalue weighted by molar-refractivity contribution is 0.360. The molecule has 112 valence electrons. The first-order valence-electron chi connectivity index (χ1n) is 7.77. The largest absolute Gasteiger partial charge is 0.370 e. The van der Waals surface area contributed by atoms with Crippen molar-refractivity contribution in [2.45, 2.75) is 33.1 Å². The molecule has 1 N–H and O–H groups in total. The second-order valence-corrected chi connectivity index (χ2v) is 5.45. The molecule has 0 spiro atoms. The van der Waals surface area contributed by atoms with E-state index in [1.54, 1.807) is 6.33 Å². The minimum absolute atomic E-state index is 0.899. The molecule has 1 aliphatic rings. The molecule has 0 atom stereocenters. The van der Waals surface area contributed by atoms with Gasteiger partial charge in [-0.1, -0.05) is 13.3 Å². The molecule has 1 aromatic heterocycles. The molecule has 5 heteroatoms. The van der Waals surface area contributed by atoms with Gasteiger partial charge in [-0.3, -0.25) is 0 Å². The molecule has 1 aromatic rings. The first-order chi connectivity index (χ1) is 9.76. The van der Waals surface area contributed by atoms with Crippen LogP contribution in [0.4, 0.5) is 11.6 Å². The zero-order valence-corrected chi connectivity index (χ0v) is 13.0. The van der Waals surface area contributed by atoms with Gasteiger partial charge in [0.25, 0.3) is 0 Å². The van der Waals surface area contributed by atoms with E-state index in [4.69, 9.17) is 0 Å². The van der Waals surface area contributed by atoms with Crippen LogP contribution < -0.4 is 10.2 Å². The van der Waals surface area contributed by atoms with Crippen molar-refractivity contribution >= 4 is 11.6 Å². The predicted octanol–water partition coefficient (Wildman–Crippen LogP) is 2.00. The fraction of sp³-hybridized carbons (Fsp3) is 0.733. The van der Waals surface area contributed by atoms with Crippen LogP contribution in [-0.4, -0.2) is 54.6 Å². The topological polar surface area (TPSA) is 44.3 Å². The monoisotopic (exact) mass is 277 g/mol. The first kappa shape index (κ1) is 15.0. The molecular formula is C15H27N5. The molecule has 20 heavy (non-hydrogen) atoms. The van der Waals surface area contributed by atoms with Crippen LogP contribution in [0.1, 0.15) is 32.3 Å². The summed E-state index contributed by atoms with van der Waals surface area (Å²) in [5, 5.41) is 3.38. The number of nitrogens with one attached hydrogen (secondary N) is 1. The lowest BCUT2D eigenvalue weighted by Crippen LogP contribution is -2.30. The maximum atomic E-state index is 4.59. The van der Waals surface area contributed by atoms with Crippen molar-refractivity contribution in [1.82, 2.24) is 14.9 Å². The Morgan fingerprint density at radius 2 is 2.00 bits per heavy atom. The highest BCUT2D eigenvalue weighted by Gasteiger charge is 2.19. The Balaban J connectivity index is 2.26. The molecule has 0 unspecified atom stereocenters. The molecule has 0 radical (unpaired) electrons. The molecule has 1 fully saturated rings. The average molecular weight is 277 g/mol. The highest BCUT2D eigenvalue weighted by Crippen LogP contribution is 2.25. The standard InChI is InChI=1S/C15H27N5/c1-4-7-13-14(16-5-2)17-12-18-15(13)20-9-6-8-19(3)10-11-20/h12H,4-11H2,1-3H3,(H,16,17,18). The zero-order valence-electron chi connectivity index (χ0n) is 13.0. The van der Waals surface area contributed by atoms with E-state index in [0.29, 0.717) is 0 Å². The lowest BCUT2D eigenvalue weighted by Gasteiger charge is -2.25. The summed E-state index contributed by atoms with van der Waals surface area (Å²) in [7, 11) is 2.19. The second kappa shape index (κ2) is 7.43. The molecule has 0 saturated carbocycles. The van der Waals surface area contributed by atoms with Crippen molar-refractivity contribution in [3.63, 3.8) is 0 Å². The first-order valence-corrected chi connectivity index (χ1v) is 7.77. The fourth-order valence-corrected chi connectivity index (χ4v) is 2.73. The van der Waals surface area contributed by atoms with E-state index >= 15 is 0 Å². The van der Waals surface area contributed by atoms with Crippen molar-refractivity contribution < 1.29 is 0 Å². The maximum Gasteiger partial charge on any atom is 0.137 e. The van der Waals surface area contributed by atoms with Crippen LogP contribution in [0.3, 0.4) is 0 Å². The Morgan fingerprint density at radius 3 is 2.75 bits per heavy atom. The molecule has 1 aliphatic heterocycles. The van der Waals surface area contributed by atoms with Crippen molar-refractivity contribution in [2.75, 3.05) is 50.0 Å². The van der Waals surface area contributed by atoms with E-state index in [-0.39, 0.29) is 0 Å². The van der Waals surface area contributed by atoms with Crippen LogP contribution in [0.25, 0.3) is 0 Å². The van der Waals surface area contributed by atoms with Gasteiger partial charge in [-0.15, -0.1) is 0 Å². The molecule has 0 amide bonds. The van der Waals surface area contributed by atoms with Gasteiger partial charge >= 0.3 is 0 Å². The van der Waals surface area contributed by atoms with Gasteiger partial charge in [0.15, 0.2) is 0 Å². The molecule has 2 rings (SSSR count). The van der Waals surface area contributed by atoms with Crippen LogP contribution in [0, 0.1) is 0 Å². The average Bonchev–Trinajstić information content (AvgIpc) is 2.66. The molecular weight excluding hydrogens is 250 g/mol. The van der Waals surface area contributed by atoms with E-state index in [2.05, 4.69) is 46.0 Å². The number of likely N-dealkylation sites (N-methyl/N-ethyl adjacent to an activating group) is 1. The predicted molar refractivity (Wildman–Crippen MR) is 84.5 cm³/mol. The highest BCUT2D eigenvalue weighted by molar-refractivity contribution is 5.59. The fourth-order valence-electron chi connectivity index (χ4n) is 2.73. The summed E-state index contributed by atoms with van der Waals surface area (Å²) in [6.07, 6.45) is 5.04. The van der Waals surface area contributed by atoms with Crippen molar-refractivity contribution in [2.24, 2.45) is 0 Å². The van der Waals surface area contributed by atoms with E-state index in [0.717, 1.165) is 50.7 Å². The Bertz CT molecular complexity index is 421. The number of rotatable bonds is 5. The third-order valence-corrected chi connectivity index (χ3v) is 3.79. The summed E-state index contributed by atoms with van der Waals surface area (Å²) in [5.74, 6) is 2.14. The quantitative estimate of drug-likeness (QED) is 0.892. The smallest absolute Gasteiger partial charge is 0.137 e. The summed E-state index contributed by atoms with van der Waals surface area (Å²) < 4.78 is 0. The van der Waals surface area contributed by atoms with E-state index in [9.17, 15) is 0 Å². The number of aromatic nitrogens is 2. The van der Waals surface area contributed by atoms with Gasteiger partial charge < -0.3 is 15.1 Å². The van der Waals surface area contributed by atoms with Gasteiger partial charge in [0, 0.05) is 31.7 Å². The molecule has 5 nitrogen and oxygen atoms in total. The van der Waals surface area contributed by atoms with Crippen LogP contribution >= 0.6 is 0 Å². The molecule has 1 saturated heterocycles. The van der Waals surface area contributed by atoms with Gasteiger partial charge in [-0.05, 0) is 33.4 Å². The van der Waals surface area contributed by atoms with Crippen molar-refractivity contribution in [3.05, 3.63) is 11.9 Å². The Kier molecular flexibility index (Phi) is 5.59. The van der Waals surface area contributed by atoms with Crippen LogP contribution in [-0.2, 0) is 6.42 Å². The normalized spacial score (nSPS) is 17.1. The van der Waals surface area contributed by atoms with Crippen LogP contribution in [0.5, 0.6) is 0 Å². The van der Waals surface area contributed by atoms with Crippen molar-refractivity contribution in [3.8, 4) is 0 Å². The number of anilines is 2. The van der Waals surface area contributed by atoms with Crippen LogP contribution in [0.15, 0.2) is 6.33 Å². The minimum Gasteiger partial charge on any atom is -0.370 e. The van der Waals surface area contributed by atoms with E-state index in [1.165, 1.54) is 18.5 Å². The SMILES string of the molecule is CCCc1c(NCC)ncnc1N1CCCN(C)CC1. The molecule has 0 aromatic carbocycles. The summed E-state index contributed by atoms with van der Waals surface area (Å²) in [6, 6.07) is 0. The minimum atomic E-state index is 0.899. The summed E-state index contributed by atoms with van der Waals surface area (Å²) in [4.78, 5) is 13.8. The van der Waals surface area contributed by atoms with E-state index in [1.807, 2.05) is 0 Å². The summed E-state index contributed by atoms with van der Waals surface area (Å²) in [6.45, 7) is 9.63. The Morgan fingerprint density at radius 1 is 1.15 bits per heavy atom.